The zero-order valence-corrected chi connectivity index (χ0v) is 21.2. The van der Waals surface area contributed by atoms with Crippen LogP contribution in [0, 0.1) is 0 Å². The number of rotatable bonds is 3. The topological polar surface area (TPSA) is 30.7 Å². The van der Waals surface area contributed by atoms with Gasteiger partial charge in [-0.2, -0.15) is 0 Å². The van der Waals surface area contributed by atoms with Gasteiger partial charge in [-0.3, -0.25) is 4.57 Å². The molecule has 5 aromatic carbocycles. The summed E-state index contributed by atoms with van der Waals surface area (Å²) in [5.41, 5.74) is 6.21. The van der Waals surface area contributed by atoms with Gasteiger partial charge in [0.2, 0.25) is 5.95 Å². The molecule has 0 aliphatic heterocycles. The third kappa shape index (κ3) is 3.21. The van der Waals surface area contributed by atoms with E-state index in [1.807, 2.05) is 23.5 Å². The molecule has 3 aromatic heterocycles. The van der Waals surface area contributed by atoms with Crippen LogP contribution in [0.5, 0.6) is 0 Å². The van der Waals surface area contributed by atoms with Crippen molar-refractivity contribution in [2.24, 2.45) is 0 Å². The lowest BCUT2D eigenvalue weighted by Crippen LogP contribution is -2.04. The number of hydrogen-bond acceptors (Lipinski definition) is 3. The van der Waals surface area contributed by atoms with Crippen LogP contribution in [0.4, 0.5) is 0 Å². The Morgan fingerprint density at radius 2 is 1.11 bits per heavy atom. The molecule has 0 amide bonds. The van der Waals surface area contributed by atoms with Crippen molar-refractivity contribution < 1.29 is 0 Å². The molecule has 0 N–H and O–H groups in total. The first kappa shape index (κ1) is 21.3. The SMILES string of the molecule is c1ccc(-c2cc(-c3ccccc3)nc(-n3c4ccccc4c4ccc5sc6ccccc6c5c43)n2)cc1. The molecule has 0 aliphatic rings. The van der Waals surface area contributed by atoms with Gasteiger partial charge in [-0.05, 0) is 24.3 Å². The van der Waals surface area contributed by atoms with Crippen LogP contribution in [-0.4, -0.2) is 14.5 Å². The molecule has 3 nitrogen and oxygen atoms in total. The largest absolute Gasteiger partial charge is 0.277 e. The fourth-order valence-electron chi connectivity index (χ4n) is 5.52. The van der Waals surface area contributed by atoms with Gasteiger partial charge in [0.15, 0.2) is 0 Å². The fraction of sp³-hybridized carbons (Fsp3) is 0. The van der Waals surface area contributed by atoms with Crippen molar-refractivity contribution in [2.45, 2.75) is 0 Å². The van der Waals surface area contributed by atoms with E-state index < -0.39 is 0 Å². The highest BCUT2D eigenvalue weighted by molar-refractivity contribution is 7.26. The van der Waals surface area contributed by atoms with E-state index in [-0.39, 0.29) is 0 Å². The molecule has 0 aliphatic carbocycles. The first-order valence-electron chi connectivity index (χ1n) is 12.7. The summed E-state index contributed by atoms with van der Waals surface area (Å²) < 4.78 is 4.83. The average Bonchev–Trinajstić information content (AvgIpc) is 3.53. The van der Waals surface area contributed by atoms with Gasteiger partial charge in [-0.1, -0.05) is 103 Å². The number of hydrogen-bond donors (Lipinski definition) is 0. The maximum Gasteiger partial charge on any atom is 0.235 e. The number of aromatic nitrogens is 3. The number of benzene rings is 5. The second-order valence-corrected chi connectivity index (χ2v) is 10.5. The molecule has 0 unspecified atom stereocenters. The molecule has 8 aromatic rings. The molecule has 0 saturated carbocycles. The summed E-state index contributed by atoms with van der Waals surface area (Å²) in [6.45, 7) is 0. The Kier molecular flexibility index (Phi) is 4.69. The predicted octanol–water partition coefficient (Wildman–Crippen LogP) is 9.28. The maximum absolute atomic E-state index is 5.20. The van der Waals surface area contributed by atoms with Crippen LogP contribution in [0.25, 0.3) is 70.4 Å². The van der Waals surface area contributed by atoms with E-state index in [0.717, 1.165) is 33.5 Å². The number of para-hydroxylation sites is 1. The summed E-state index contributed by atoms with van der Waals surface area (Å²) >= 11 is 1.84. The van der Waals surface area contributed by atoms with Crippen molar-refractivity contribution in [1.82, 2.24) is 14.5 Å². The fourth-order valence-corrected chi connectivity index (χ4v) is 6.63. The number of fused-ring (bicyclic) bond motifs is 7. The van der Waals surface area contributed by atoms with Crippen LogP contribution in [0.15, 0.2) is 127 Å². The number of thiophene rings is 1. The quantitative estimate of drug-likeness (QED) is 0.240. The van der Waals surface area contributed by atoms with Crippen molar-refractivity contribution in [3.05, 3.63) is 127 Å². The molecular weight excluding hydrogens is 482 g/mol. The Morgan fingerprint density at radius 3 is 1.82 bits per heavy atom. The van der Waals surface area contributed by atoms with Gasteiger partial charge in [0, 0.05) is 42.1 Å². The van der Waals surface area contributed by atoms with E-state index in [9.17, 15) is 0 Å². The highest BCUT2D eigenvalue weighted by atomic mass is 32.1. The molecule has 0 fully saturated rings. The lowest BCUT2D eigenvalue weighted by Gasteiger charge is -2.12. The molecule has 3 heterocycles. The minimum Gasteiger partial charge on any atom is -0.277 e. The molecule has 8 rings (SSSR count). The highest BCUT2D eigenvalue weighted by Gasteiger charge is 2.20. The van der Waals surface area contributed by atoms with Gasteiger partial charge in [0.25, 0.3) is 0 Å². The smallest absolute Gasteiger partial charge is 0.235 e. The van der Waals surface area contributed by atoms with Crippen LogP contribution in [0.2, 0.25) is 0 Å². The second-order valence-electron chi connectivity index (χ2n) is 9.46. The molecule has 4 heteroatoms. The van der Waals surface area contributed by atoms with E-state index in [4.69, 9.17) is 9.97 Å². The Labute approximate surface area is 223 Å². The van der Waals surface area contributed by atoms with Gasteiger partial charge in [0.05, 0.1) is 22.4 Å². The van der Waals surface area contributed by atoms with Crippen LogP contribution < -0.4 is 0 Å². The third-order valence-corrected chi connectivity index (χ3v) is 8.36. The molecule has 0 radical (unpaired) electrons. The van der Waals surface area contributed by atoms with Crippen molar-refractivity contribution in [3.8, 4) is 28.5 Å². The summed E-state index contributed by atoms with van der Waals surface area (Å²) in [6.07, 6.45) is 0. The zero-order valence-electron chi connectivity index (χ0n) is 20.4. The molecule has 38 heavy (non-hydrogen) atoms. The van der Waals surface area contributed by atoms with E-state index in [0.29, 0.717) is 5.95 Å². The lowest BCUT2D eigenvalue weighted by atomic mass is 10.1. The molecular formula is C34H21N3S. The Morgan fingerprint density at radius 1 is 0.500 bits per heavy atom. The molecule has 0 atom stereocenters. The van der Waals surface area contributed by atoms with E-state index in [1.54, 1.807) is 0 Å². The first-order chi connectivity index (χ1) is 18.8. The predicted molar refractivity (Wildman–Crippen MR) is 160 cm³/mol. The second kappa shape index (κ2) is 8.37. The van der Waals surface area contributed by atoms with E-state index in [2.05, 4.69) is 120 Å². The van der Waals surface area contributed by atoms with Crippen molar-refractivity contribution in [1.29, 1.82) is 0 Å². The molecule has 178 valence electrons. The third-order valence-electron chi connectivity index (χ3n) is 7.23. The van der Waals surface area contributed by atoms with Crippen molar-refractivity contribution in [3.63, 3.8) is 0 Å². The van der Waals surface area contributed by atoms with Gasteiger partial charge in [-0.15, -0.1) is 11.3 Å². The van der Waals surface area contributed by atoms with E-state index >= 15 is 0 Å². The van der Waals surface area contributed by atoms with Crippen molar-refractivity contribution >= 4 is 53.3 Å². The molecule has 0 bridgehead atoms. The Hall–Kier alpha value is -4.80. The van der Waals surface area contributed by atoms with Crippen LogP contribution in [0.1, 0.15) is 0 Å². The summed E-state index contributed by atoms with van der Waals surface area (Å²) in [7, 11) is 0. The minimum absolute atomic E-state index is 0.680. The van der Waals surface area contributed by atoms with E-state index in [1.165, 1.54) is 30.9 Å². The van der Waals surface area contributed by atoms with Gasteiger partial charge < -0.3 is 0 Å². The maximum atomic E-state index is 5.20. The van der Waals surface area contributed by atoms with Gasteiger partial charge in [0.1, 0.15) is 0 Å². The number of nitrogens with zero attached hydrogens (tertiary/aromatic N) is 3. The molecule has 0 spiro atoms. The van der Waals surface area contributed by atoms with Crippen LogP contribution in [0.3, 0.4) is 0 Å². The van der Waals surface area contributed by atoms with Crippen LogP contribution >= 0.6 is 11.3 Å². The monoisotopic (exact) mass is 503 g/mol. The summed E-state index contributed by atoms with van der Waals surface area (Å²) in [4.78, 5) is 10.4. The van der Waals surface area contributed by atoms with Gasteiger partial charge >= 0.3 is 0 Å². The minimum atomic E-state index is 0.680. The zero-order chi connectivity index (χ0) is 25.1. The van der Waals surface area contributed by atoms with Gasteiger partial charge in [-0.25, -0.2) is 9.97 Å². The average molecular weight is 504 g/mol. The highest BCUT2D eigenvalue weighted by Crippen LogP contribution is 2.42. The summed E-state index contributed by atoms with van der Waals surface area (Å²) in [5, 5.41) is 4.94. The van der Waals surface area contributed by atoms with Crippen molar-refractivity contribution in [2.75, 3.05) is 0 Å². The summed E-state index contributed by atoms with van der Waals surface area (Å²) in [5.74, 6) is 0.680. The first-order valence-corrected chi connectivity index (χ1v) is 13.5. The lowest BCUT2D eigenvalue weighted by molar-refractivity contribution is 0.998. The Balaban J connectivity index is 1.54. The van der Waals surface area contributed by atoms with Crippen LogP contribution in [-0.2, 0) is 0 Å². The molecule has 0 saturated heterocycles. The summed E-state index contributed by atoms with van der Waals surface area (Å²) in [6, 6.07) is 44.6. The standard InChI is InChI=1S/C34H21N3S/c1-3-11-22(12-4-1)27-21-28(23-13-5-2-6-14-23)36-34(35-27)37-29-17-9-7-15-24(29)25-19-20-31-32(33(25)37)26-16-8-10-18-30(26)38-31/h1-21H. The normalized spacial score (nSPS) is 11.7. The Bertz CT molecular complexity index is 2070.